The number of nitrogens with two attached hydrogens (primary N) is 1. The summed E-state index contributed by atoms with van der Waals surface area (Å²) >= 11 is 4.85. The molecule has 4 nitrogen and oxygen atoms in total. The van der Waals surface area contributed by atoms with Crippen molar-refractivity contribution in [2.45, 2.75) is 19.9 Å². The van der Waals surface area contributed by atoms with E-state index < -0.39 is 0 Å². The zero-order valence-corrected chi connectivity index (χ0v) is 10.1. The molecule has 1 unspecified atom stereocenters. The molecule has 0 aliphatic carbocycles. The Morgan fingerprint density at radius 1 is 1.50 bits per heavy atom. The molecule has 0 aromatic rings. The molecule has 0 rings (SSSR count). The number of nitrogens with zero attached hydrogens (tertiary/aromatic N) is 2. The lowest BCUT2D eigenvalue weighted by atomic mass is 10.3. The van der Waals surface area contributed by atoms with Crippen LogP contribution in [0, 0.1) is 0 Å². The van der Waals surface area contributed by atoms with Crippen molar-refractivity contribution in [1.82, 2.24) is 9.80 Å². The molecule has 0 spiro atoms. The summed E-state index contributed by atoms with van der Waals surface area (Å²) in [7, 11) is 3.62. The third-order valence-electron chi connectivity index (χ3n) is 2.36. The number of likely N-dealkylation sites (N-methyl/N-ethyl adjacent to an activating group) is 2. The number of carbonyl (C=O) groups is 1. The topological polar surface area (TPSA) is 49.6 Å². The summed E-state index contributed by atoms with van der Waals surface area (Å²) in [5.41, 5.74) is 5.49. The fourth-order valence-corrected chi connectivity index (χ4v) is 1.04. The van der Waals surface area contributed by atoms with Gasteiger partial charge in [0.15, 0.2) is 0 Å². The second kappa shape index (κ2) is 5.93. The molecular formula is C9H19N3OS. The molecule has 0 saturated carbocycles. The predicted octanol–water partition coefficient (Wildman–Crippen LogP) is 0.0711. The van der Waals surface area contributed by atoms with Crippen LogP contribution >= 0.6 is 12.2 Å². The van der Waals surface area contributed by atoms with E-state index >= 15 is 0 Å². The van der Waals surface area contributed by atoms with Crippen LogP contribution in [0.1, 0.15) is 13.8 Å². The fraction of sp³-hybridized carbons (Fsp3) is 0.778. The van der Waals surface area contributed by atoms with E-state index in [0.29, 0.717) is 18.1 Å². The highest BCUT2D eigenvalue weighted by molar-refractivity contribution is 7.80. The van der Waals surface area contributed by atoms with Crippen LogP contribution in [-0.2, 0) is 4.79 Å². The standard InChI is InChI=1S/C9H19N3OS/c1-5-11(3)8(13)6-12(4)7(2)9(10)14/h7H,5-6H2,1-4H3,(H2,10,14). The van der Waals surface area contributed by atoms with E-state index in [4.69, 9.17) is 18.0 Å². The van der Waals surface area contributed by atoms with E-state index in [-0.39, 0.29) is 11.9 Å². The van der Waals surface area contributed by atoms with Gasteiger partial charge < -0.3 is 10.6 Å². The molecule has 1 atom stereocenters. The molecule has 0 radical (unpaired) electrons. The smallest absolute Gasteiger partial charge is 0.236 e. The summed E-state index contributed by atoms with van der Waals surface area (Å²) in [5, 5.41) is 0. The summed E-state index contributed by atoms with van der Waals surface area (Å²) in [4.78, 5) is 15.4. The Hall–Kier alpha value is -0.680. The van der Waals surface area contributed by atoms with Gasteiger partial charge in [-0.05, 0) is 20.9 Å². The molecule has 0 heterocycles. The molecule has 0 aromatic heterocycles. The van der Waals surface area contributed by atoms with Crippen LogP contribution in [0.15, 0.2) is 0 Å². The first kappa shape index (κ1) is 13.3. The summed E-state index contributed by atoms with van der Waals surface area (Å²) in [5.74, 6) is 0.0816. The van der Waals surface area contributed by atoms with Crippen LogP contribution in [0.25, 0.3) is 0 Å². The van der Waals surface area contributed by atoms with Gasteiger partial charge in [0.2, 0.25) is 5.91 Å². The SMILES string of the molecule is CCN(C)C(=O)CN(C)C(C)C(N)=S. The first-order valence-corrected chi connectivity index (χ1v) is 5.04. The summed E-state index contributed by atoms with van der Waals surface area (Å²) < 4.78 is 0. The zero-order valence-electron chi connectivity index (χ0n) is 9.28. The van der Waals surface area contributed by atoms with Gasteiger partial charge in [-0.2, -0.15) is 0 Å². The molecule has 0 saturated heterocycles. The highest BCUT2D eigenvalue weighted by atomic mass is 32.1. The van der Waals surface area contributed by atoms with Crippen LogP contribution in [0.5, 0.6) is 0 Å². The second-order valence-electron chi connectivity index (χ2n) is 3.40. The summed E-state index contributed by atoms with van der Waals surface area (Å²) in [6.45, 7) is 4.90. The number of amides is 1. The van der Waals surface area contributed by atoms with Crippen molar-refractivity contribution in [2.24, 2.45) is 5.73 Å². The quantitative estimate of drug-likeness (QED) is 0.662. The van der Waals surface area contributed by atoms with Crippen LogP contribution in [0.2, 0.25) is 0 Å². The lowest BCUT2D eigenvalue weighted by molar-refractivity contribution is -0.130. The van der Waals surface area contributed by atoms with Gasteiger partial charge in [0.1, 0.15) is 0 Å². The molecule has 5 heteroatoms. The van der Waals surface area contributed by atoms with Gasteiger partial charge in [0, 0.05) is 13.6 Å². The number of hydrogen-bond acceptors (Lipinski definition) is 3. The number of rotatable bonds is 5. The minimum atomic E-state index is -0.0424. The maximum atomic E-state index is 11.5. The van der Waals surface area contributed by atoms with Crippen LogP contribution in [-0.4, -0.2) is 53.9 Å². The molecule has 0 aliphatic heterocycles. The van der Waals surface area contributed by atoms with E-state index in [1.54, 1.807) is 11.9 Å². The van der Waals surface area contributed by atoms with E-state index in [0.717, 1.165) is 0 Å². The largest absolute Gasteiger partial charge is 0.392 e. The molecule has 0 fully saturated rings. The monoisotopic (exact) mass is 217 g/mol. The number of thiocarbonyl (C=S) groups is 1. The minimum Gasteiger partial charge on any atom is -0.392 e. The lowest BCUT2D eigenvalue weighted by Crippen LogP contribution is -2.44. The van der Waals surface area contributed by atoms with Gasteiger partial charge in [0.25, 0.3) is 0 Å². The average molecular weight is 217 g/mol. The van der Waals surface area contributed by atoms with Crippen molar-refractivity contribution in [3.8, 4) is 0 Å². The van der Waals surface area contributed by atoms with E-state index in [1.807, 2.05) is 25.8 Å². The summed E-state index contributed by atoms with van der Waals surface area (Å²) in [6.07, 6.45) is 0. The second-order valence-corrected chi connectivity index (χ2v) is 3.87. The maximum absolute atomic E-state index is 11.5. The van der Waals surface area contributed by atoms with Crippen molar-refractivity contribution < 1.29 is 4.79 Å². The minimum absolute atomic E-state index is 0.0424. The van der Waals surface area contributed by atoms with Gasteiger partial charge in [-0.1, -0.05) is 12.2 Å². The van der Waals surface area contributed by atoms with Gasteiger partial charge in [-0.15, -0.1) is 0 Å². The first-order valence-electron chi connectivity index (χ1n) is 4.63. The average Bonchev–Trinajstić information content (AvgIpc) is 2.14. The van der Waals surface area contributed by atoms with Crippen LogP contribution in [0.4, 0.5) is 0 Å². The summed E-state index contributed by atoms with van der Waals surface area (Å²) in [6, 6.07) is -0.0424. The Bertz CT molecular complexity index is 220. The highest BCUT2D eigenvalue weighted by Crippen LogP contribution is 1.97. The predicted molar refractivity (Wildman–Crippen MR) is 62.2 cm³/mol. The maximum Gasteiger partial charge on any atom is 0.236 e. The van der Waals surface area contributed by atoms with Gasteiger partial charge >= 0.3 is 0 Å². The molecule has 82 valence electrons. The molecule has 2 N–H and O–H groups in total. The first-order chi connectivity index (χ1) is 6.40. The number of carbonyl (C=O) groups excluding carboxylic acids is 1. The van der Waals surface area contributed by atoms with Crippen molar-refractivity contribution >= 4 is 23.1 Å². The van der Waals surface area contributed by atoms with Gasteiger partial charge in [-0.25, -0.2) is 0 Å². The molecular weight excluding hydrogens is 198 g/mol. The molecule has 14 heavy (non-hydrogen) atoms. The molecule has 0 aliphatic rings. The van der Waals surface area contributed by atoms with Crippen molar-refractivity contribution in [1.29, 1.82) is 0 Å². The van der Waals surface area contributed by atoms with Crippen LogP contribution < -0.4 is 5.73 Å². The Labute approximate surface area is 91.0 Å². The Balaban J connectivity index is 4.12. The Kier molecular flexibility index (Phi) is 5.64. The zero-order chi connectivity index (χ0) is 11.3. The van der Waals surface area contributed by atoms with Crippen LogP contribution in [0.3, 0.4) is 0 Å². The lowest BCUT2D eigenvalue weighted by Gasteiger charge is -2.25. The van der Waals surface area contributed by atoms with E-state index in [9.17, 15) is 4.79 Å². The third kappa shape index (κ3) is 4.02. The molecule has 0 aromatic carbocycles. The van der Waals surface area contributed by atoms with Crippen molar-refractivity contribution in [3.05, 3.63) is 0 Å². The van der Waals surface area contributed by atoms with Crippen molar-refractivity contribution in [2.75, 3.05) is 27.2 Å². The Morgan fingerprint density at radius 2 is 2.00 bits per heavy atom. The Morgan fingerprint density at radius 3 is 2.36 bits per heavy atom. The van der Waals surface area contributed by atoms with E-state index in [1.165, 1.54) is 0 Å². The molecule has 0 bridgehead atoms. The number of hydrogen-bond donors (Lipinski definition) is 1. The van der Waals surface area contributed by atoms with E-state index in [2.05, 4.69) is 0 Å². The van der Waals surface area contributed by atoms with Crippen molar-refractivity contribution in [3.63, 3.8) is 0 Å². The normalized spacial score (nSPS) is 12.6. The fourth-order valence-electron chi connectivity index (χ4n) is 0.865. The highest BCUT2D eigenvalue weighted by Gasteiger charge is 2.16. The van der Waals surface area contributed by atoms with Gasteiger partial charge in [-0.3, -0.25) is 9.69 Å². The molecule has 1 amide bonds. The third-order valence-corrected chi connectivity index (χ3v) is 2.70. The van der Waals surface area contributed by atoms with Gasteiger partial charge in [0.05, 0.1) is 17.6 Å².